The average molecular weight is 394 g/mol. The summed E-state index contributed by atoms with van der Waals surface area (Å²) in [5.41, 5.74) is 2.21. The summed E-state index contributed by atoms with van der Waals surface area (Å²) in [4.78, 5) is 24.0. The summed E-state index contributed by atoms with van der Waals surface area (Å²) in [6.45, 7) is 7.22. The molecule has 3 rings (SSSR count). The van der Waals surface area contributed by atoms with Crippen molar-refractivity contribution in [2.24, 2.45) is 5.92 Å². The van der Waals surface area contributed by atoms with Crippen molar-refractivity contribution in [3.63, 3.8) is 0 Å². The number of amides is 1. The minimum Gasteiger partial charge on any atom is -0.447 e. The molecule has 7 heteroatoms. The molecule has 1 aromatic carbocycles. The summed E-state index contributed by atoms with van der Waals surface area (Å²) in [6.07, 6.45) is 2.11. The monoisotopic (exact) mass is 393 g/mol. The fraction of sp³-hybridized carbons (Fsp3) is 0.650. The van der Waals surface area contributed by atoms with Crippen molar-refractivity contribution in [3.05, 3.63) is 29.8 Å². The third-order valence-corrected chi connectivity index (χ3v) is 8.39. The number of nitrogens with zero attached hydrogens (tertiary/aromatic N) is 1. The predicted molar refractivity (Wildman–Crippen MR) is 106 cm³/mol. The van der Waals surface area contributed by atoms with Gasteiger partial charge >= 0.3 is 6.09 Å². The number of aliphatic hydroxyl groups is 1. The number of hydrogen-bond donors (Lipinski definition) is 2. The summed E-state index contributed by atoms with van der Waals surface area (Å²) < 4.78 is 11.2. The summed E-state index contributed by atoms with van der Waals surface area (Å²) in [5.74, 6) is 0.284. The fourth-order valence-corrected chi connectivity index (χ4v) is 7.24. The average Bonchev–Trinajstić information content (AvgIpc) is 3.17. The van der Waals surface area contributed by atoms with Gasteiger partial charge in [0, 0.05) is 17.8 Å². The van der Waals surface area contributed by atoms with Crippen LogP contribution < -0.4 is 4.90 Å². The molecule has 150 valence electrons. The molecule has 2 aliphatic rings. The zero-order valence-electron chi connectivity index (χ0n) is 16.4. The number of rotatable bonds is 7. The number of aryl methyl sites for hydroxylation is 1. The van der Waals surface area contributed by atoms with Crippen molar-refractivity contribution < 1.29 is 24.2 Å². The van der Waals surface area contributed by atoms with E-state index in [-0.39, 0.29) is 36.4 Å². The summed E-state index contributed by atoms with van der Waals surface area (Å²) in [5, 5.41) is 9.34. The van der Waals surface area contributed by atoms with Crippen LogP contribution in [0.15, 0.2) is 24.3 Å². The number of aliphatic hydroxyl groups excluding tert-OH is 1. The third kappa shape index (κ3) is 4.54. The van der Waals surface area contributed by atoms with Crippen LogP contribution in [-0.4, -0.2) is 56.3 Å². The number of ether oxygens (including phenoxy) is 2. The number of hydrogen-bond acceptors (Lipinski definition) is 5. The summed E-state index contributed by atoms with van der Waals surface area (Å²) in [7, 11) is -2.35. The van der Waals surface area contributed by atoms with E-state index in [9.17, 15) is 14.7 Å². The highest BCUT2D eigenvalue weighted by molar-refractivity contribution is 6.71. The van der Waals surface area contributed by atoms with E-state index in [2.05, 4.69) is 6.92 Å². The van der Waals surface area contributed by atoms with Crippen LogP contribution in [0.3, 0.4) is 0 Å². The van der Waals surface area contributed by atoms with E-state index in [0.717, 1.165) is 18.5 Å². The third-order valence-electron chi connectivity index (χ3n) is 5.86. The van der Waals surface area contributed by atoms with Gasteiger partial charge in [0.2, 0.25) is 0 Å². The largest absolute Gasteiger partial charge is 0.447 e. The van der Waals surface area contributed by atoms with Gasteiger partial charge in [-0.1, -0.05) is 19.1 Å². The normalized spacial score (nSPS) is 28.6. The molecule has 4 atom stereocenters. The SMILES string of the molecule is C[C@@H]1[C@@H]([Si](C)(C)O)[C@H](CCO)O[C@@H]1CCc1ccc(N2CCOC2=O)cc1. The van der Waals surface area contributed by atoms with Crippen LogP contribution in [0.5, 0.6) is 0 Å². The first-order valence-electron chi connectivity index (χ1n) is 9.83. The van der Waals surface area contributed by atoms with E-state index in [1.54, 1.807) is 4.90 Å². The molecule has 0 unspecified atom stereocenters. The number of anilines is 1. The van der Waals surface area contributed by atoms with Crippen molar-refractivity contribution >= 4 is 20.1 Å². The fourth-order valence-electron chi connectivity index (χ4n) is 4.59. The lowest BCUT2D eigenvalue weighted by molar-refractivity contribution is 0.0192. The van der Waals surface area contributed by atoms with Crippen molar-refractivity contribution in [3.8, 4) is 0 Å². The molecule has 2 saturated heterocycles. The second-order valence-corrected chi connectivity index (χ2v) is 12.2. The van der Waals surface area contributed by atoms with Crippen molar-refractivity contribution in [1.29, 1.82) is 0 Å². The Bertz CT molecular complexity index is 645. The standard InChI is InChI=1S/C20H31NO5Si/c1-14-17(26-18(10-12-22)19(14)27(2,3)24)9-6-15-4-7-16(8-5-15)21-11-13-25-20(21)23/h4-5,7-8,14,17-19,22,24H,6,9-13H2,1-3H3/t14-,17+,18-,19+/m0/s1. The van der Waals surface area contributed by atoms with Crippen LogP contribution in [-0.2, 0) is 15.9 Å². The predicted octanol–water partition coefficient (Wildman–Crippen LogP) is 2.93. The maximum Gasteiger partial charge on any atom is 0.414 e. The lowest BCUT2D eigenvalue weighted by Gasteiger charge is -2.30. The molecular formula is C20H31NO5Si. The molecule has 1 amide bonds. The van der Waals surface area contributed by atoms with Gasteiger partial charge in [-0.2, -0.15) is 0 Å². The van der Waals surface area contributed by atoms with Gasteiger partial charge in [-0.05, 0) is 56.0 Å². The zero-order valence-corrected chi connectivity index (χ0v) is 17.4. The Balaban J connectivity index is 1.60. The number of carbonyl (C=O) groups is 1. The maximum absolute atomic E-state index is 11.6. The van der Waals surface area contributed by atoms with Crippen LogP contribution in [0, 0.1) is 5.92 Å². The van der Waals surface area contributed by atoms with E-state index >= 15 is 0 Å². The Morgan fingerprint density at radius 3 is 2.44 bits per heavy atom. The van der Waals surface area contributed by atoms with E-state index in [1.807, 2.05) is 37.4 Å². The van der Waals surface area contributed by atoms with Crippen LogP contribution in [0.2, 0.25) is 18.6 Å². The second kappa shape index (κ2) is 8.30. The zero-order chi connectivity index (χ0) is 19.6. The first-order valence-corrected chi connectivity index (χ1v) is 12.9. The Hall–Kier alpha value is -1.41. The van der Waals surface area contributed by atoms with Crippen molar-refractivity contribution in [1.82, 2.24) is 0 Å². The Morgan fingerprint density at radius 1 is 1.19 bits per heavy atom. The van der Waals surface area contributed by atoms with Gasteiger partial charge < -0.3 is 19.4 Å². The van der Waals surface area contributed by atoms with E-state index in [0.29, 0.717) is 19.6 Å². The maximum atomic E-state index is 11.6. The highest BCUT2D eigenvalue weighted by Crippen LogP contribution is 2.45. The number of carbonyl (C=O) groups excluding carboxylic acids is 1. The lowest BCUT2D eigenvalue weighted by Crippen LogP contribution is -2.40. The van der Waals surface area contributed by atoms with Crippen LogP contribution >= 0.6 is 0 Å². The molecule has 2 fully saturated rings. The smallest absolute Gasteiger partial charge is 0.414 e. The first kappa shape index (κ1) is 20.3. The molecular weight excluding hydrogens is 362 g/mol. The molecule has 2 N–H and O–H groups in total. The highest BCUT2D eigenvalue weighted by Gasteiger charge is 2.49. The van der Waals surface area contributed by atoms with Gasteiger partial charge in [0.05, 0.1) is 18.8 Å². The van der Waals surface area contributed by atoms with Gasteiger partial charge in [0.15, 0.2) is 8.32 Å². The van der Waals surface area contributed by atoms with Crippen molar-refractivity contribution in [2.45, 2.75) is 57.0 Å². The quantitative estimate of drug-likeness (QED) is 0.697. The number of benzene rings is 1. The van der Waals surface area contributed by atoms with Gasteiger partial charge in [-0.15, -0.1) is 0 Å². The van der Waals surface area contributed by atoms with Gasteiger partial charge in [0.25, 0.3) is 0 Å². The van der Waals surface area contributed by atoms with Gasteiger partial charge in [0.1, 0.15) is 6.61 Å². The first-order chi connectivity index (χ1) is 12.8. The molecule has 6 nitrogen and oxygen atoms in total. The molecule has 0 radical (unpaired) electrons. The van der Waals surface area contributed by atoms with E-state index < -0.39 is 8.32 Å². The van der Waals surface area contributed by atoms with Gasteiger partial charge in [-0.3, -0.25) is 4.90 Å². The van der Waals surface area contributed by atoms with Crippen LogP contribution in [0.4, 0.5) is 10.5 Å². The molecule has 0 spiro atoms. The van der Waals surface area contributed by atoms with Crippen LogP contribution in [0.1, 0.15) is 25.3 Å². The van der Waals surface area contributed by atoms with Crippen LogP contribution in [0.25, 0.3) is 0 Å². The second-order valence-electron chi connectivity index (χ2n) is 8.23. The topological polar surface area (TPSA) is 79.2 Å². The van der Waals surface area contributed by atoms with E-state index in [4.69, 9.17) is 9.47 Å². The molecule has 2 heterocycles. The Morgan fingerprint density at radius 2 is 1.89 bits per heavy atom. The molecule has 1 aromatic rings. The number of cyclic esters (lactones) is 1. The molecule has 27 heavy (non-hydrogen) atoms. The van der Waals surface area contributed by atoms with Crippen molar-refractivity contribution in [2.75, 3.05) is 24.7 Å². The van der Waals surface area contributed by atoms with Gasteiger partial charge in [-0.25, -0.2) is 4.79 Å². The minimum absolute atomic E-state index is 0.0507. The summed E-state index contributed by atoms with van der Waals surface area (Å²) in [6, 6.07) is 8.02. The Labute approximate surface area is 162 Å². The molecule has 2 aliphatic heterocycles. The summed E-state index contributed by atoms with van der Waals surface area (Å²) >= 11 is 0. The molecule has 0 aromatic heterocycles. The lowest BCUT2D eigenvalue weighted by atomic mass is 9.95. The molecule has 0 saturated carbocycles. The Kier molecular flexibility index (Phi) is 6.25. The molecule has 0 bridgehead atoms. The van der Waals surface area contributed by atoms with E-state index in [1.165, 1.54) is 5.56 Å². The molecule has 0 aliphatic carbocycles. The highest BCUT2D eigenvalue weighted by atomic mass is 28.4. The minimum atomic E-state index is -2.35.